The fourth-order valence-corrected chi connectivity index (χ4v) is 4.32. The first kappa shape index (κ1) is 14.8. The van der Waals surface area contributed by atoms with Gasteiger partial charge in [0.15, 0.2) is 5.96 Å². The summed E-state index contributed by atoms with van der Waals surface area (Å²) in [6.45, 7) is 2.57. The molecule has 0 saturated heterocycles. The normalized spacial score (nSPS) is 22.5. The molecule has 2 aromatic rings. The van der Waals surface area contributed by atoms with Gasteiger partial charge in [-0.3, -0.25) is 10.1 Å². The lowest BCUT2D eigenvalue weighted by Gasteiger charge is -2.34. The smallest absolute Gasteiger partial charge is 0.264 e. The van der Waals surface area contributed by atoms with Gasteiger partial charge in [0.2, 0.25) is 5.54 Å². The van der Waals surface area contributed by atoms with Crippen LogP contribution in [0.5, 0.6) is 17.2 Å². The minimum absolute atomic E-state index is 0.101. The topological polar surface area (TPSA) is 85.9 Å². The number of amides is 1. The summed E-state index contributed by atoms with van der Waals surface area (Å²) in [7, 11) is 0. The molecule has 7 heteroatoms. The van der Waals surface area contributed by atoms with Crippen molar-refractivity contribution in [1.29, 1.82) is 0 Å². The maximum Gasteiger partial charge on any atom is 0.264 e. The van der Waals surface area contributed by atoms with Gasteiger partial charge in [0, 0.05) is 33.1 Å². The maximum absolute atomic E-state index is 13.0. The van der Waals surface area contributed by atoms with Crippen LogP contribution in [0.15, 0.2) is 33.7 Å². The highest BCUT2D eigenvalue weighted by atomic mass is 79.9. The molecule has 0 unspecified atom stereocenters. The zero-order chi connectivity index (χ0) is 17.3. The Bertz CT molecular complexity index is 1000. The van der Waals surface area contributed by atoms with Crippen LogP contribution in [0.3, 0.4) is 0 Å². The van der Waals surface area contributed by atoms with Crippen LogP contribution in [0.25, 0.3) is 0 Å². The second-order valence-electron chi connectivity index (χ2n) is 6.37. The molecule has 5 rings (SSSR count). The van der Waals surface area contributed by atoms with Crippen molar-refractivity contribution >= 4 is 27.8 Å². The molecule has 0 aromatic heterocycles. The van der Waals surface area contributed by atoms with Gasteiger partial charge < -0.3 is 15.2 Å². The Hall–Kier alpha value is -2.54. The van der Waals surface area contributed by atoms with Crippen molar-refractivity contribution in [1.82, 2.24) is 5.32 Å². The lowest BCUT2D eigenvalue weighted by molar-refractivity contribution is -0.122. The Morgan fingerprint density at radius 2 is 2.16 bits per heavy atom. The van der Waals surface area contributed by atoms with E-state index in [1.165, 1.54) is 0 Å². The number of carbonyl (C=O) groups excluding carboxylic acids is 1. The standard InChI is InChI=1S/C18H14BrN3O3/c1-8-14-13(6-9-4-5-24-15(8)9)25-12-3-2-10(19)7-11(12)18(14)16(23)21-17(20)22-18/h2-3,6-7H,4-5H2,1H3,(H3,20,21,22,23)/t18-/m1/s1. The summed E-state index contributed by atoms with van der Waals surface area (Å²) in [5.41, 5.74) is 7.92. The molecule has 1 atom stereocenters. The average Bonchev–Trinajstić information content (AvgIpc) is 3.14. The number of guanidine groups is 1. The molecule has 0 fully saturated rings. The maximum atomic E-state index is 13.0. The van der Waals surface area contributed by atoms with Crippen molar-refractivity contribution in [3.8, 4) is 17.2 Å². The van der Waals surface area contributed by atoms with E-state index in [0.717, 1.165) is 27.8 Å². The summed E-state index contributed by atoms with van der Waals surface area (Å²) in [4.78, 5) is 17.6. The molecule has 3 aliphatic rings. The Labute approximate surface area is 152 Å². The van der Waals surface area contributed by atoms with Crippen molar-refractivity contribution in [2.45, 2.75) is 18.9 Å². The van der Waals surface area contributed by atoms with Gasteiger partial charge >= 0.3 is 0 Å². The predicted octanol–water partition coefficient (Wildman–Crippen LogP) is 2.49. The van der Waals surface area contributed by atoms with Crippen LogP contribution in [-0.2, 0) is 16.8 Å². The quantitative estimate of drug-likeness (QED) is 0.712. The minimum Gasteiger partial charge on any atom is -0.493 e. The molecule has 0 aliphatic carbocycles. The summed E-state index contributed by atoms with van der Waals surface area (Å²) < 4.78 is 12.8. The highest BCUT2D eigenvalue weighted by Crippen LogP contribution is 2.54. The van der Waals surface area contributed by atoms with Crippen LogP contribution in [0.4, 0.5) is 0 Å². The first-order valence-corrected chi connectivity index (χ1v) is 8.74. The van der Waals surface area contributed by atoms with Crippen LogP contribution in [0.1, 0.15) is 22.3 Å². The second kappa shape index (κ2) is 4.76. The Balaban J connectivity index is 1.91. The van der Waals surface area contributed by atoms with E-state index in [9.17, 15) is 4.79 Å². The number of carbonyl (C=O) groups is 1. The van der Waals surface area contributed by atoms with Gasteiger partial charge in [0.05, 0.1) is 6.61 Å². The summed E-state index contributed by atoms with van der Waals surface area (Å²) in [6.07, 6.45) is 0.824. The minimum atomic E-state index is -1.26. The molecule has 1 spiro atoms. The van der Waals surface area contributed by atoms with Crippen molar-refractivity contribution < 1.29 is 14.3 Å². The van der Waals surface area contributed by atoms with Gasteiger partial charge in [-0.25, -0.2) is 4.99 Å². The van der Waals surface area contributed by atoms with E-state index in [1.807, 2.05) is 31.2 Å². The number of benzene rings is 2. The molecule has 25 heavy (non-hydrogen) atoms. The summed E-state index contributed by atoms with van der Waals surface area (Å²) in [5, 5.41) is 2.65. The predicted molar refractivity (Wildman–Crippen MR) is 95.1 cm³/mol. The molecule has 126 valence electrons. The highest BCUT2D eigenvalue weighted by molar-refractivity contribution is 9.10. The van der Waals surface area contributed by atoms with Gasteiger partial charge in [-0.15, -0.1) is 0 Å². The molecule has 2 aromatic carbocycles. The number of ether oxygens (including phenoxy) is 2. The molecule has 0 bridgehead atoms. The van der Waals surface area contributed by atoms with Crippen molar-refractivity contribution in [3.05, 3.63) is 51.0 Å². The molecule has 1 amide bonds. The van der Waals surface area contributed by atoms with Crippen molar-refractivity contribution in [3.63, 3.8) is 0 Å². The van der Waals surface area contributed by atoms with E-state index in [4.69, 9.17) is 15.2 Å². The Morgan fingerprint density at radius 1 is 1.32 bits per heavy atom. The number of halogens is 1. The van der Waals surface area contributed by atoms with E-state index in [2.05, 4.69) is 26.2 Å². The molecule has 0 radical (unpaired) electrons. The highest BCUT2D eigenvalue weighted by Gasteiger charge is 2.54. The fourth-order valence-electron chi connectivity index (χ4n) is 3.96. The number of nitrogens with one attached hydrogen (secondary N) is 1. The van der Waals surface area contributed by atoms with Crippen LogP contribution in [0, 0.1) is 6.92 Å². The van der Waals surface area contributed by atoms with Crippen LogP contribution >= 0.6 is 15.9 Å². The number of hydrogen-bond donors (Lipinski definition) is 2. The van der Waals surface area contributed by atoms with E-state index < -0.39 is 5.54 Å². The second-order valence-corrected chi connectivity index (χ2v) is 7.28. The largest absolute Gasteiger partial charge is 0.493 e. The number of nitrogens with two attached hydrogens (primary N) is 1. The number of nitrogens with zero attached hydrogens (tertiary/aromatic N) is 1. The van der Waals surface area contributed by atoms with Crippen molar-refractivity contribution in [2.75, 3.05) is 6.61 Å². The first-order chi connectivity index (χ1) is 12.0. The number of fused-ring (bicyclic) bond motifs is 5. The van der Waals surface area contributed by atoms with E-state index in [0.29, 0.717) is 29.2 Å². The SMILES string of the molecule is Cc1c2c(cc3c1[C@]1(N=C(N)NC1=O)c1cc(Br)ccc1O3)CCO2. The van der Waals surface area contributed by atoms with Gasteiger partial charge in [-0.05, 0) is 31.2 Å². The van der Waals surface area contributed by atoms with Gasteiger partial charge in [-0.1, -0.05) is 15.9 Å². The lowest BCUT2D eigenvalue weighted by Crippen LogP contribution is -2.41. The van der Waals surface area contributed by atoms with E-state index >= 15 is 0 Å². The van der Waals surface area contributed by atoms with Crippen LogP contribution in [-0.4, -0.2) is 18.5 Å². The molecule has 3 N–H and O–H groups in total. The Kier molecular flexibility index (Phi) is 2.81. The molecular weight excluding hydrogens is 386 g/mol. The summed E-state index contributed by atoms with van der Waals surface area (Å²) in [6, 6.07) is 7.52. The average molecular weight is 400 g/mol. The third kappa shape index (κ3) is 1.79. The van der Waals surface area contributed by atoms with Crippen molar-refractivity contribution in [2.24, 2.45) is 10.7 Å². The molecule has 6 nitrogen and oxygen atoms in total. The van der Waals surface area contributed by atoms with Gasteiger partial charge in [0.1, 0.15) is 17.2 Å². The van der Waals surface area contributed by atoms with Gasteiger partial charge in [-0.2, -0.15) is 0 Å². The molecular formula is C18H14BrN3O3. The first-order valence-electron chi connectivity index (χ1n) is 7.95. The monoisotopic (exact) mass is 399 g/mol. The zero-order valence-corrected chi connectivity index (χ0v) is 14.9. The number of aliphatic imine (C=N–C) groups is 1. The van der Waals surface area contributed by atoms with E-state index in [-0.39, 0.29) is 11.9 Å². The van der Waals surface area contributed by atoms with Crippen LogP contribution in [0.2, 0.25) is 0 Å². The van der Waals surface area contributed by atoms with Gasteiger partial charge in [0.25, 0.3) is 5.91 Å². The van der Waals surface area contributed by atoms with Crippen LogP contribution < -0.4 is 20.5 Å². The molecule has 3 aliphatic heterocycles. The fraction of sp³-hybridized carbons (Fsp3) is 0.222. The third-order valence-electron chi connectivity index (χ3n) is 4.95. The Morgan fingerprint density at radius 3 is 2.92 bits per heavy atom. The molecule has 3 heterocycles. The number of rotatable bonds is 0. The van der Waals surface area contributed by atoms with E-state index in [1.54, 1.807) is 0 Å². The lowest BCUT2D eigenvalue weighted by atomic mass is 9.77. The number of hydrogen-bond acceptors (Lipinski definition) is 5. The zero-order valence-electron chi connectivity index (χ0n) is 13.4. The molecule has 0 saturated carbocycles. The third-order valence-corrected chi connectivity index (χ3v) is 5.44. The summed E-state index contributed by atoms with van der Waals surface area (Å²) in [5.74, 6) is 1.86. The summed E-state index contributed by atoms with van der Waals surface area (Å²) >= 11 is 3.47.